The van der Waals surface area contributed by atoms with Gasteiger partial charge in [-0.3, -0.25) is 4.72 Å². The van der Waals surface area contributed by atoms with E-state index in [1.165, 1.54) is 6.07 Å². The summed E-state index contributed by atoms with van der Waals surface area (Å²) < 4.78 is 30.0. The van der Waals surface area contributed by atoms with Crippen molar-refractivity contribution in [1.29, 1.82) is 5.26 Å². The first-order chi connectivity index (χ1) is 7.98. The molecule has 0 heterocycles. The maximum Gasteiger partial charge on any atom is 0.229 e. The van der Waals surface area contributed by atoms with Gasteiger partial charge in [-0.2, -0.15) is 5.26 Å². The first-order valence-corrected chi connectivity index (χ1v) is 7.06. The minimum Gasteiger partial charge on any atom is -0.490 e. The van der Waals surface area contributed by atoms with Crippen LogP contribution >= 0.6 is 0 Å². The van der Waals surface area contributed by atoms with Crippen LogP contribution in [0.25, 0.3) is 0 Å². The number of rotatable bonds is 4. The maximum absolute atomic E-state index is 11.1. The number of nitriles is 1. The van der Waals surface area contributed by atoms with Crippen molar-refractivity contribution in [3.05, 3.63) is 23.8 Å². The van der Waals surface area contributed by atoms with Gasteiger partial charge in [0, 0.05) is 6.07 Å². The highest BCUT2D eigenvalue weighted by Gasteiger charge is 2.23. The molecule has 0 radical (unpaired) electrons. The predicted molar refractivity (Wildman–Crippen MR) is 63.3 cm³/mol. The van der Waals surface area contributed by atoms with Gasteiger partial charge in [0.25, 0.3) is 0 Å². The molecule has 5 nitrogen and oxygen atoms in total. The molecule has 2 rings (SSSR count). The van der Waals surface area contributed by atoms with Crippen molar-refractivity contribution in [3.63, 3.8) is 0 Å². The molecule has 0 aromatic heterocycles. The summed E-state index contributed by atoms with van der Waals surface area (Å²) in [4.78, 5) is 0. The standard InChI is InChI=1S/C11H12N2O3S/c1-17(14,15)13-11-5-4-10(6-8(11)7-12)16-9-2-3-9/h4-6,9,13H,2-3H2,1H3. The maximum atomic E-state index is 11.1. The van der Waals surface area contributed by atoms with E-state index in [1.54, 1.807) is 12.1 Å². The van der Waals surface area contributed by atoms with Gasteiger partial charge in [-0.15, -0.1) is 0 Å². The summed E-state index contributed by atoms with van der Waals surface area (Å²) in [7, 11) is -3.38. The average molecular weight is 252 g/mol. The Labute approximate surface area is 100 Å². The van der Waals surface area contributed by atoms with Gasteiger partial charge < -0.3 is 4.74 Å². The fraction of sp³-hybridized carbons (Fsp3) is 0.364. The number of hydrogen-bond donors (Lipinski definition) is 1. The van der Waals surface area contributed by atoms with E-state index in [4.69, 9.17) is 10.00 Å². The molecule has 0 unspecified atom stereocenters. The number of hydrogen-bond acceptors (Lipinski definition) is 4. The Kier molecular flexibility index (Phi) is 2.94. The van der Waals surface area contributed by atoms with Crippen LogP contribution in [0.3, 0.4) is 0 Å². The molecular formula is C11H12N2O3S. The van der Waals surface area contributed by atoms with Crippen LogP contribution < -0.4 is 9.46 Å². The molecule has 0 bridgehead atoms. The molecule has 1 N–H and O–H groups in total. The molecule has 0 spiro atoms. The molecule has 6 heteroatoms. The van der Waals surface area contributed by atoms with Crippen LogP contribution in [-0.4, -0.2) is 20.8 Å². The lowest BCUT2D eigenvalue weighted by Gasteiger charge is -2.09. The Balaban J connectivity index is 2.25. The minimum atomic E-state index is -3.38. The van der Waals surface area contributed by atoms with Gasteiger partial charge >= 0.3 is 0 Å². The largest absolute Gasteiger partial charge is 0.490 e. The van der Waals surface area contributed by atoms with Crippen molar-refractivity contribution in [1.82, 2.24) is 0 Å². The molecule has 0 amide bonds. The first kappa shape index (κ1) is 11.7. The molecule has 17 heavy (non-hydrogen) atoms. The van der Waals surface area contributed by atoms with Gasteiger partial charge in [-0.1, -0.05) is 0 Å². The minimum absolute atomic E-state index is 0.246. The van der Waals surface area contributed by atoms with Gasteiger partial charge in [0.15, 0.2) is 0 Å². The molecule has 1 saturated carbocycles. The van der Waals surface area contributed by atoms with Crippen LogP contribution in [0.2, 0.25) is 0 Å². The van der Waals surface area contributed by atoms with Crippen LogP contribution in [0.4, 0.5) is 5.69 Å². The Morgan fingerprint density at radius 2 is 2.18 bits per heavy atom. The molecular weight excluding hydrogens is 240 g/mol. The van der Waals surface area contributed by atoms with Crippen molar-refractivity contribution in [3.8, 4) is 11.8 Å². The van der Waals surface area contributed by atoms with Gasteiger partial charge in [-0.25, -0.2) is 8.42 Å². The molecule has 1 aromatic carbocycles. The number of nitrogens with zero attached hydrogens (tertiary/aromatic N) is 1. The molecule has 1 fully saturated rings. The normalized spacial score (nSPS) is 15.1. The molecule has 0 aliphatic heterocycles. The summed E-state index contributed by atoms with van der Waals surface area (Å²) in [6, 6.07) is 6.69. The monoisotopic (exact) mass is 252 g/mol. The predicted octanol–water partition coefficient (Wildman–Crippen LogP) is 1.47. The fourth-order valence-corrected chi connectivity index (χ4v) is 1.93. The second kappa shape index (κ2) is 4.26. The quantitative estimate of drug-likeness (QED) is 0.880. The van der Waals surface area contributed by atoms with Crippen LogP contribution in [-0.2, 0) is 10.0 Å². The van der Waals surface area contributed by atoms with Crippen LogP contribution in [0.15, 0.2) is 18.2 Å². The number of benzene rings is 1. The topological polar surface area (TPSA) is 79.2 Å². The highest BCUT2D eigenvalue weighted by Crippen LogP contribution is 2.29. The third-order valence-electron chi connectivity index (χ3n) is 2.23. The highest BCUT2D eigenvalue weighted by atomic mass is 32.2. The van der Waals surface area contributed by atoms with E-state index in [0.717, 1.165) is 19.1 Å². The van der Waals surface area contributed by atoms with E-state index in [-0.39, 0.29) is 17.4 Å². The Bertz CT molecular complexity index is 571. The van der Waals surface area contributed by atoms with Crippen molar-refractivity contribution in [2.24, 2.45) is 0 Å². The third-order valence-corrected chi connectivity index (χ3v) is 2.82. The molecule has 1 aliphatic rings. The molecule has 90 valence electrons. The SMILES string of the molecule is CS(=O)(=O)Nc1ccc(OC2CC2)cc1C#N. The lowest BCUT2D eigenvalue weighted by molar-refractivity contribution is 0.303. The summed E-state index contributed by atoms with van der Waals surface area (Å²) in [5.74, 6) is 0.600. The first-order valence-electron chi connectivity index (χ1n) is 5.16. The van der Waals surface area contributed by atoms with Crippen LogP contribution in [0, 0.1) is 11.3 Å². The zero-order valence-corrected chi connectivity index (χ0v) is 10.1. The summed E-state index contributed by atoms with van der Waals surface area (Å²) in [6.07, 6.45) is 3.36. The lowest BCUT2D eigenvalue weighted by atomic mass is 10.2. The van der Waals surface area contributed by atoms with Crippen LogP contribution in [0.5, 0.6) is 5.75 Å². The summed E-state index contributed by atoms with van der Waals surface area (Å²) in [5, 5.41) is 8.95. The second-order valence-electron chi connectivity index (χ2n) is 4.01. The fourth-order valence-electron chi connectivity index (χ4n) is 1.36. The van der Waals surface area contributed by atoms with E-state index in [1.807, 2.05) is 6.07 Å². The van der Waals surface area contributed by atoms with Crippen molar-refractivity contribution in [2.75, 3.05) is 11.0 Å². The molecule has 0 saturated heterocycles. The van der Waals surface area contributed by atoms with E-state index in [9.17, 15) is 8.42 Å². The molecule has 1 aromatic rings. The van der Waals surface area contributed by atoms with Crippen molar-refractivity contribution >= 4 is 15.7 Å². The number of nitrogens with one attached hydrogen (secondary N) is 1. The van der Waals surface area contributed by atoms with Gasteiger partial charge in [0.2, 0.25) is 10.0 Å². The van der Waals surface area contributed by atoms with E-state index in [0.29, 0.717) is 5.75 Å². The lowest BCUT2D eigenvalue weighted by Crippen LogP contribution is -2.10. The zero-order chi connectivity index (χ0) is 12.5. The third kappa shape index (κ3) is 3.36. The summed E-state index contributed by atoms with van der Waals surface area (Å²) >= 11 is 0. The average Bonchev–Trinajstić information content (AvgIpc) is 3.02. The summed E-state index contributed by atoms with van der Waals surface area (Å²) in [5.41, 5.74) is 0.534. The Morgan fingerprint density at radius 3 is 2.71 bits per heavy atom. The van der Waals surface area contributed by atoms with Crippen LogP contribution in [0.1, 0.15) is 18.4 Å². The number of ether oxygens (including phenoxy) is 1. The molecule has 1 aliphatic carbocycles. The second-order valence-corrected chi connectivity index (χ2v) is 5.76. The molecule has 0 atom stereocenters. The van der Waals surface area contributed by atoms with E-state index >= 15 is 0 Å². The van der Waals surface area contributed by atoms with Gasteiger partial charge in [0.05, 0.1) is 23.6 Å². The van der Waals surface area contributed by atoms with Crippen molar-refractivity contribution < 1.29 is 13.2 Å². The smallest absolute Gasteiger partial charge is 0.229 e. The van der Waals surface area contributed by atoms with E-state index < -0.39 is 10.0 Å². The summed E-state index contributed by atoms with van der Waals surface area (Å²) in [6.45, 7) is 0. The zero-order valence-electron chi connectivity index (χ0n) is 9.30. The highest BCUT2D eigenvalue weighted by molar-refractivity contribution is 7.92. The van der Waals surface area contributed by atoms with Gasteiger partial charge in [-0.05, 0) is 25.0 Å². The Hall–Kier alpha value is -1.74. The number of sulfonamides is 1. The number of anilines is 1. The van der Waals surface area contributed by atoms with Gasteiger partial charge in [0.1, 0.15) is 11.8 Å². The van der Waals surface area contributed by atoms with E-state index in [2.05, 4.69) is 4.72 Å². The Morgan fingerprint density at radius 1 is 1.47 bits per heavy atom. The van der Waals surface area contributed by atoms with Crippen molar-refractivity contribution in [2.45, 2.75) is 18.9 Å².